The van der Waals surface area contributed by atoms with Gasteiger partial charge in [-0.1, -0.05) is 15.9 Å². The number of alkyl halides is 1. The highest BCUT2D eigenvalue weighted by Crippen LogP contribution is 2.21. The van der Waals surface area contributed by atoms with Gasteiger partial charge in [0, 0.05) is 10.9 Å². The molecule has 17 heavy (non-hydrogen) atoms. The van der Waals surface area contributed by atoms with E-state index in [0.29, 0.717) is 10.4 Å². The van der Waals surface area contributed by atoms with E-state index in [0.717, 1.165) is 0 Å². The summed E-state index contributed by atoms with van der Waals surface area (Å²) in [6.07, 6.45) is 0. The number of Topliss-reactive ketones (excluding diaryl/α,β-unsaturated/α-hetero) is 1. The van der Waals surface area contributed by atoms with Gasteiger partial charge in [-0.25, -0.2) is 4.79 Å². The second-order valence-electron chi connectivity index (χ2n) is 4.68. The summed E-state index contributed by atoms with van der Waals surface area (Å²) >= 11 is 4.44. The molecule has 0 saturated heterocycles. The molecule has 0 radical (unpaired) electrons. The van der Waals surface area contributed by atoms with E-state index in [1.807, 2.05) is 20.8 Å². The number of halogens is 1. The molecular weight excluding hydrogens is 304 g/mol. The number of hydrogen-bond acceptors (Lipinski definition) is 4. The fraction of sp³-hybridized carbons (Fsp3) is 0.500. The summed E-state index contributed by atoms with van der Waals surface area (Å²) in [6.45, 7) is 7.19. The molecular formula is C12H15BrO3S. The average Bonchev–Trinajstić information content (AvgIpc) is 2.62. The van der Waals surface area contributed by atoms with Crippen LogP contribution >= 0.6 is 27.3 Å². The number of carbonyl (C=O) groups is 2. The third-order valence-corrected chi connectivity index (χ3v) is 3.17. The van der Waals surface area contributed by atoms with E-state index >= 15 is 0 Å². The maximum atomic E-state index is 11.7. The van der Waals surface area contributed by atoms with Crippen molar-refractivity contribution in [3.63, 3.8) is 0 Å². The fourth-order valence-electron chi connectivity index (χ4n) is 1.13. The van der Waals surface area contributed by atoms with Crippen LogP contribution in [0.1, 0.15) is 47.7 Å². The molecule has 0 fully saturated rings. The van der Waals surface area contributed by atoms with Crippen molar-refractivity contribution in [2.45, 2.75) is 38.1 Å². The molecule has 1 aromatic heterocycles. The molecule has 1 unspecified atom stereocenters. The molecule has 1 aromatic rings. The van der Waals surface area contributed by atoms with Gasteiger partial charge in [-0.05, 0) is 33.8 Å². The van der Waals surface area contributed by atoms with Crippen molar-refractivity contribution >= 4 is 39.0 Å². The highest BCUT2D eigenvalue weighted by Gasteiger charge is 2.21. The van der Waals surface area contributed by atoms with Crippen molar-refractivity contribution in [1.82, 2.24) is 0 Å². The van der Waals surface area contributed by atoms with Gasteiger partial charge < -0.3 is 4.74 Å². The second kappa shape index (κ2) is 5.31. The summed E-state index contributed by atoms with van der Waals surface area (Å²) in [4.78, 5) is 23.6. The van der Waals surface area contributed by atoms with E-state index in [2.05, 4.69) is 15.9 Å². The Morgan fingerprint density at radius 3 is 2.47 bits per heavy atom. The zero-order chi connectivity index (χ0) is 13.2. The van der Waals surface area contributed by atoms with Crippen LogP contribution in [0.4, 0.5) is 0 Å². The van der Waals surface area contributed by atoms with Crippen LogP contribution < -0.4 is 0 Å². The van der Waals surface area contributed by atoms with Crippen LogP contribution in [0.25, 0.3) is 0 Å². The maximum absolute atomic E-state index is 11.7. The predicted octanol–water partition coefficient (Wildman–Crippen LogP) is 3.67. The third-order valence-electron chi connectivity index (χ3n) is 1.85. The summed E-state index contributed by atoms with van der Waals surface area (Å²) in [5, 5.41) is 1.68. The Bertz CT molecular complexity index is 429. The number of hydrogen-bond donors (Lipinski definition) is 0. The van der Waals surface area contributed by atoms with Gasteiger partial charge in [0.1, 0.15) is 10.5 Å². The molecule has 1 rings (SSSR count). The molecule has 3 nitrogen and oxygen atoms in total. The summed E-state index contributed by atoms with van der Waals surface area (Å²) in [6, 6.07) is 1.58. The number of ether oxygens (including phenoxy) is 1. The SMILES string of the molecule is CC(Br)C(=O)c1csc(C(=O)OC(C)(C)C)c1. The van der Waals surface area contributed by atoms with Crippen molar-refractivity contribution in [1.29, 1.82) is 0 Å². The van der Waals surface area contributed by atoms with Gasteiger partial charge in [-0.15, -0.1) is 11.3 Å². The zero-order valence-electron chi connectivity index (χ0n) is 10.2. The normalized spacial score (nSPS) is 13.2. The summed E-state index contributed by atoms with van der Waals surface area (Å²) in [5.74, 6) is -0.417. The third kappa shape index (κ3) is 4.24. The Balaban J connectivity index is 2.82. The smallest absolute Gasteiger partial charge is 0.348 e. The lowest BCUT2D eigenvalue weighted by atomic mass is 10.1. The van der Waals surface area contributed by atoms with Crippen LogP contribution in [0.2, 0.25) is 0 Å². The molecule has 1 atom stereocenters. The van der Waals surface area contributed by atoms with Gasteiger partial charge in [-0.3, -0.25) is 4.79 Å². The van der Waals surface area contributed by atoms with Crippen molar-refractivity contribution < 1.29 is 14.3 Å². The summed E-state index contributed by atoms with van der Waals surface area (Å²) in [7, 11) is 0. The van der Waals surface area contributed by atoms with Gasteiger partial charge in [0.2, 0.25) is 0 Å². The lowest BCUT2D eigenvalue weighted by molar-refractivity contribution is 0.00752. The van der Waals surface area contributed by atoms with Gasteiger partial charge in [0.15, 0.2) is 5.78 Å². The Kier molecular flexibility index (Phi) is 4.49. The number of carbonyl (C=O) groups excluding carboxylic acids is 2. The van der Waals surface area contributed by atoms with E-state index in [-0.39, 0.29) is 16.6 Å². The molecule has 1 heterocycles. The minimum absolute atomic E-state index is 0.0314. The van der Waals surface area contributed by atoms with Crippen LogP contribution in [0.15, 0.2) is 11.4 Å². The zero-order valence-corrected chi connectivity index (χ0v) is 12.6. The van der Waals surface area contributed by atoms with Crippen LogP contribution in [0.5, 0.6) is 0 Å². The predicted molar refractivity (Wildman–Crippen MR) is 72.2 cm³/mol. The van der Waals surface area contributed by atoms with Gasteiger partial charge >= 0.3 is 5.97 Å². The molecule has 5 heteroatoms. The van der Waals surface area contributed by atoms with Crippen LogP contribution in [0.3, 0.4) is 0 Å². The summed E-state index contributed by atoms with van der Waals surface area (Å²) < 4.78 is 5.23. The van der Waals surface area contributed by atoms with E-state index in [4.69, 9.17) is 4.74 Å². The van der Waals surface area contributed by atoms with E-state index in [9.17, 15) is 9.59 Å². The molecule has 0 aliphatic carbocycles. The largest absolute Gasteiger partial charge is 0.456 e. The number of ketones is 1. The standard InChI is InChI=1S/C12H15BrO3S/c1-7(13)10(14)8-5-9(17-6-8)11(15)16-12(2,3)4/h5-7H,1-4H3. The Labute approximate surface area is 113 Å². The second-order valence-corrected chi connectivity index (χ2v) is 6.97. The first-order valence-electron chi connectivity index (χ1n) is 5.21. The molecule has 94 valence electrons. The Morgan fingerprint density at radius 2 is 2.00 bits per heavy atom. The monoisotopic (exact) mass is 318 g/mol. The van der Waals surface area contributed by atoms with Crippen LogP contribution in [-0.4, -0.2) is 22.2 Å². The molecule has 0 aliphatic heterocycles. The lowest BCUT2D eigenvalue weighted by Crippen LogP contribution is -2.23. The number of esters is 1. The highest BCUT2D eigenvalue weighted by atomic mass is 79.9. The van der Waals surface area contributed by atoms with Gasteiger partial charge in [0.25, 0.3) is 0 Å². The molecule has 0 aliphatic rings. The molecule has 0 aromatic carbocycles. The van der Waals surface area contributed by atoms with Crippen molar-refractivity contribution in [3.8, 4) is 0 Å². The minimum atomic E-state index is -0.520. The lowest BCUT2D eigenvalue weighted by Gasteiger charge is -2.18. The first-order chi connectivity index (χ1) is 7.70. The van der Waals surface area contributed by atoms with Crippen molar-refractivity contribution in [3.05, 3.63) is 21.9 Å². The number of thiophene rings is 1. The molecule has 0 amide bonds. The van der Waals surface area contributed by atoms with E-state index in [1.165, 1.54) is 11.3 Å². The Morgan fingerprint density at radius 1 is 1.41 bits per heavy atom. The first-order valence-corrected chi connectivity index (χ1v) is 7.00. The average molecular weight is 319 g/mol. The minimum Gasteiger partial charge on any atom is -0.456 e. The van der Waals surface area contributed by atoms with Crippen LogP contribution in [0, 0.1) is 0 Å². The van der Waals surface area contributed by atoms with Crippen LogP contribution in [-0.2, 0) is 4.74 Å². The quantitative estimate of drug-likeness (QED) is 0.485. The molecule has 0 saturated carbocycles. The molecule has 0 bridgehead atoms. The number of rotatable bonds is 3. The highest BCUT2D eigenvalue weighted by molar-refractivity contribution is 9.10. The topological polar surface area (TPSA) is 43.4 Å². The van der Waals surface area contributed by atoms with Gasteiger partial charge in [-0.2, -0.15) is 0 Å². The first kappa shape index (κ1) is 14.4. The fourth-order valence-corrected chi connectivity index (χ4v) is 2.17. The molecule has 0 N–H and O–H groups in total. The van der Waals surface area contributed by atoms with Crippen molar-refractivity contribution in [2.24, 2.45) is 0 Å². The Hall–Kier alpha value is -0.680. The van der Waals surface area contributed by atoms with E-state index in [1.54, 1.807) is 18.4 Å². The molecule has 0 spiro atoms. The van der Waals surface area contributed by atoms with E-state index < -0.39 is 5.60 Å². The summed E-state index contributed by atoms with van der Waals surface area (Å²) in [5.41, 5.74) is 0.0220. The maximum Gasteiger partial charge on any atom is 0.348 e. The van der Waals surface area contributed by atoms with Gasteiger partial charge in [0.05, 0.1) is 4.83 Å². The van der Waals surface area contributed by atoms with Crippen molar-refractivity contribution in [2.75, 3.05) is 0 Å².